The van der Waals surface area contributed by atoms with E-state index >= 15 is 0 Å². The summed E-state index contributed by atoms with van der Waals surface area (Å²) in [5.41, 5.74) is 3.16. The topological polar surface area (TPSA) is 37.3 Å². The maximum atomic E-state index is 12.4. The molecule has 90 valence electrons. The van der Waals surface area contributed by atoms with Gasteiger partial charge in [-0.1, -0.05) is 30.3 Å². The van der Waals surface area contributed by atoms with Gasteiger partial charge in [-0.05, 0) is 40.6 Å². The van der Waals surface area contributed by atoms with E-state index in [-0.39, 0.29) is 11.5 Å². The highest BCUT2D eigenvalue weighted by Gasteiger charge is 2.28. The first kappa shape index (κ1) is 10.3. The summed E-state index contributed by atoms with van der Waals surface area (Å²) in [5.74, 6) is 0.225. The smallest absolute Gasteiger partial charge is 0.194 e. The molecule has 0 amide bonds. The van der Waals surface area contributed by atoms with Crippen molar-refractivity contribution < 1.29 is 9.90 Å². The molecule has 0 aliphatic heterocycles. The van der Waals surface area contributed by atoms with E-state index in [1.807, 2.05) is 36.4 Å². The number of hydrogen-bond acceptors (Lipinski definition) is 2. The first-order valence-electron chi connectivity index (χ1n) is 6.15. The molecule has 1 N–H and O–H groups in total. The minimum atomic E-state index is 0.0377. The van der Waals surface area contributed by atoms with Gasteiger partial charge in [-0.25, -0.2) is 0 Å². The van der Waals surface area contributed by atoms with Crippen molar-refractivity contribution in [1.82, 2.24) is 0 Å². The molecule has 0 atom stereocenters. The Balaban J connectivity index is 2.20. The van der Waals surface area contributed by atoms with Crippen LogP contribution in [0.5, 0.6) is 5.75 Å². The molecule has 19 heavy (non-hydrogen) atoms. The molecule has 1 aliphatic carbocycles. The predicted octanol–water partition coefficient (Wildman–Crippen LogP) is 3.76. The number of hydrogen-bond donors (Lipinski definition) is 1. The summed E-state index contributed by atoms with van der Waals surface area (Å²) in [4.78, 5) is 12.4. The van der Waals surface area contributed by atoms with E-state index in [0.29, 0.717) is 5.56 Å². The van der Waals surface area contributed by atoms with Crippen LogP contribution < -0.4 is 0 Å². The van der Waals surface area contributed by atoms with Crippen LogP contribution >= 0.6 is 0 Å². The van der Waals surface area contributed by atoms with E-state index in [2.05, 4.69) is 0 Å². The summed E-state index contributed by atoms with van der Waals surface area (Å²) < 4.78 is 0. The lowest BCUT2D eigenvalue weighted by Crippen LogP contribution is -1.94. The summed E-state index contributed by atoms with van der Waals surface area (Å²) in [5, 5.41) is 11.8. The van der Waals surface area contributed by atoms with Crippen LogP contribution in [-0.2, 0) is 0 Å². The van der Waals surface area contributed by atoms with Crippen molar-refractivity contribution in [3.63, 3.8) is 0 Å². The van der Waals surface area contributed by atoms with Crippen LogP contribution in [-0.4, -0.2) is 10.9 Å². The zero-order valence-electron chi connectivity index (χ0n) is 10.1. The van der Waals surface area contributed by atoms with E-state index in [4.69, 9.17) is 0 Å². The van der Waals surface area contributed by atoms with Gasteiger partial charge in [0.2, 0.25) is 0 Å². The highest BCUT2D eigenvalue weighted by molar-refractivity contribution is 6.26. The first-order valence-corrected chi connectivity index (χ1v) is 6.15. The standard InChI is InChI=1S/C17H10O2/c18-11-6-8-13-15(9-11)16-12-4-2-1-3-10(12)5-7-14(16)17(13)19/h1-9,18H. The number of fused-ring (bicyclic) bond motifs is 5. The summed E-state index contributed by atoms with van der Waals surface area (Å²) in [6, 6.07) is 16.8. The lowest BCUT2D eigenvalue weighted by Gasteiger charge is -2.05. The molecule has 1 aliphatic rings. The zero-order chi connectivity index (χ0) is 13.0. The van der Waals surface area contributed by atoms with Crippen LogP contribution in [0.25, 0.3) is 21.9 Å². The van der Waals surface area contributed by atoms with Crippen molar-refractivity contribution in [2.24, 2.45) is 0 Å². The monoisotopic (exact) mass is 246 g/mol. The Morgan fingerprint density at radius 1 is 0.789 bits per heavy atom. The van der Waals surface area contributed by atoms with Gasteiger partial charge in [-0.15, -0.1) is 0 Å². The molecule has 3 aromatic rings. The van der Waals surface area contributed by atoms with E-state index < -0.39 is 0 Å². The van der Waals surface area contributed by atoms with E-state index in [1.54, 1.807) is 18.2 Å². The molecule has 0 fully saturated rings. The number of aromatic hydroxyl groups is 1. The van der Waals surface area contributed by atoms with E-state index in [0.717, 1.165) is 27.5 Å². The van der Waals surface area contributed by atoms with Crippen LogP contribution in [0.3, 0.4) is 0 Å². The van der Waals surface area contributed by atoms with Crippen molar-refractivity contribution in [2.45, 2.75) is 0 Å². The van der Waals surface area contributed by atoms with Gasteiger partial charge in [0, 0.05) is 16.7 Å². The average Bonchev–Trinajstić information content (AvgIpc) is 2.72. The van der Waals surface area contributed by atoms with E-state index in [9.17, 15) is 9.90 Å². The molecule has 0 saturated carbocycles. The Hall–Kier alpha value is -2.61. The Kier molecular flexibility index (Phi) is 1.88. The number of rotatable bonds is 0. The Morgan fingerprint density at radius 3 is 2.47 bits per heavy atom. The highest BCUT2D eigenvalue weighted by atomic mass is 16.3. The number of carbonyl (C=O) groups excluding carboxylic acids is 1. The minimum absolute atomic E-state index is 0.0377. The van der Waals surface area contributed by atoms with Gasteiger partial charge >= 0.3 is 0 Å². The van der Waals surface area contributed by atoms with Crippen molar-refractivity contribution in [2.75, 3.05) is 0 Å². The van der Waals surface area contributed by atoms with Gasteiger partial charge in [0.1, 0.15) is 5.75 Å². The van der Waals surface area contributed by atoms with Crippen molar-refractivity contribution in [3.8, 4) is 16.9 Å². The average molecular weight is 246 g/mol. The number of phenols is 1. The fourth-order valence-corrected chi connectivity index (χ4v) is 2.83. The van der Waals surface area contributed by atoms with Crippen molar-refractivity contribution in [1.29, 1.82) is 0 Å². The molecule has 0 saturated heterocycles. The largest absolute Gasteiger partial charge is 0.508 e. The third-order valence-corrected chi connectivity index (χ3v) is 3.69. The van der Waals surface area contributed by atoms with Gasteiger partial charge in [-0.2, -0.15) is 0 Å². The summed E-state index contributed by atoms with van der Waals surface area (Å²) in [6.45, 7) is 0. The molecule has 0 radical (unpaired) electrons. The molecule has 4 rings (SSSR count). The Bertz CT molecular complexity index is 847. The normalized spacial score (nSPS) is 12.5. The summed E-state index contributed by atoms with van der Waals surface area (Å²) >= 11 is 0. The Labute approximate surface area is 109 Å². The van der Waals surface area contributed by atoms with Crippen LogP contribution in [0.4, 0.5) is 0 Å². The number of carbonyl (C=O) groups is 1. The molecule has 2 nitrogen and oxygen atoms in total. The molecular formula is C17H10O2. The molecule has 3 aromatic carbocycles. The minimum Gasteiger partial charge on any atom is -0.508 e. The predicted molar refractivity (Wildman–Crippen MR) is 74.5 cm³/mol. The van der Waals surface area contributed by atoms with Crippen LogP contribution in [0.2, 0.25) is 0 Å². The third kappa shape index (κ3) is 1.28. The number of ketones is 1. The second-order valence-electron chi connectivity index (χ2n) is 4.77. The maximum absolute atomic E-state index is 12.4. The van der Waals surface area contributed by atoms with Crippen LogP contribution in [0.1, 0.15) is 15.9 Å². The van der Waals surface area contributed by atoms with Crippen LogP contribution in [0.15, 0.2) is 54.6 Å². The number of phenolic OH excluding ortho intramolecular Hbond substituents is 1. The van der Waals surface area contributed by atoms with Gasteiger partial charge in [-0.3, -0.25) is 4.79 Å². The lowest BCUT2D eigenvalue weighted by molar-refractivity contribution is 0.104. The number of benzene rings is 3. The van der Waals surface area contributed by atoms with Gasteiger partial charge in [0.25, 0.3) is 0 Å². The van der Waals surface area contributed by atoms with Gasteiger partial charge in [0.15, 0.2) is 5.78 Å². The molecular weight excluding hydrogens is 236 g/mol. The fraction of sp³-hybridized carbons (Fsp3) is 0. The molecule has 0 bridgehead atoms. The summed E-state index contributed by atoms with van der Waals surface area (Å²) in [6.07, 6.45) is 0. The Morgan fingerprint density at radius 2 is 1.58 bits per heavy atom. The summed E-state index contributed by atoms with van der Waals surface area (Å²) in [7, 11) is 0. The van der Waals surface area contributed by atoms with Gasteiger partial charge in [0.05, 0.1) is 0 Å². The van der Waals surface area contributed by atoms with Crippen molar-refractivity contribution >= 4 is 16.6 Å². The second-order valence-corrected chi connectivity index (χ2v) is 4.77. The van der Waals surface area contributed by atoms with Crippen molar-refractivity contribution in [3.05, 3.63) is 65.7 Å². The van der Waals surface area contributed by atoms with E-state index in [1.165, 1.54) is 0 Å². The first-order chi connectivity index (χ1) is 9.25. The quantitative estimate of drug-likeness (QED) is 0.513. The third-order valence-electron chi connectivity index (χ3n) is 3.69. The lowest BCUT2D eigenvalue weighted by atomic mass is 9.98. The van der Waals surface area contributed by atoms with Crippen LogP contribution in [0, 0.1) is 0 Å². The second kappa shape index (κ2) is 3.45. The zero-order valence-corrected chi connectivity index (χ0v) is 10.1. The molecule has 0 spiro atoms. The maximum Gasteiger partial charge on any atom is 0.194 e. The highest BCUT2D eigenvalue weighted by Crippen LogP contribution is 2.42. The molecule has 0 heterocycles. The molecule has 0 unspecified atom stereocenters. The molecule has 2 heteroatoms. The molecule has 0 aromatic heterocycles. The SMILES string of the molecule is O=C1c2ccc(O)cc2-c2c1ccc1ccccc21. The van der Waals surface area contributed by atoms with Gasteiger partial charge < -0.3 is 5.11 Å². The fourth-order valence-electron chi connectivity index (χ4n) is 2.83.